The smallest absolute Gasteiger partial charge is 0.233 e. The van der Waals surface area contributed by atoms with Gasteiger partial charge < -0.3 is 16.0 Å². The molecule has 19 heavy (non-hydrogen) atoms. The molecule has 6 heteroatoms. The summed E-state index contributed by atoms with van der Waals surface area (Å²) in [7, 11) is 1.74. The van der Waals surface area contributed by atoms with Crippen LogP contribution in [0.2, 0.25) is 0 Å². The van der Waals surface area contributed by atoms with Crippen LogP contribution in [-0.2, 0) is 16.1 Å². The second-order valence-corrected chi connectivity index (χ2v) is 5.00. The molecule has 0 aromatic heterocycles. The molecular weight excluding hydrogens is 310 g/mol. The van der Waals surface area contributed by atoms with E-state index in [9.17, 15) is 9.59 Å². The van der Waals surface area contributed by atoms with E-state index in [-0.39, 0.29) is 24.8 Å². The first-order valence-electron chi connectivity index (χ1n) is 5.98. The van der Waals surface area contributed by atoms with Gasteiger partial charge in [-0.25, -0.2) is 0 Å². The molecule has 0 saturated carbocycles. The van der Waals surface area contributed by atoms with Crippen molar-refractivity contribution in [1.29, 1.82) is 0 Å². The van der Waals surface area contributed by atoms with Crippen molar-refractivity contribution in [2.24, 2.45) is 5.73 Å². The van der Waals surface area contributed by atoms with Crippen LogP contribution in [0.1, 0.15) is 12.0 Å². The van der Waals surface area contributed by atoms with Crippen molar-refractivity contribution in [3.63, 3.8) is 0 Å². The molecule has 0 unspecified atom stereocenters. The lowest BCUT2D eigenvalue weighted by molar-refractivity contribution is -0.130. The quantitative estimate of drug-likeness (QED) is 0.814. The molecule has 0 bridgehead atoms. The van der Waals surface area contributed by atoms with Crippen molar-refractivity contribution < 1.29 is 9.59 Å². The number of rotatable bonds is 6. The third-order valence-corrected chi connectivity index (χ3v) is 3.41. The van der Waals surface area contributed by atoms with Crippen molar-refractivity contribution >= 4 is 27.7 Å². The predicted octanol–water partition coefficient (Wildman–Crippen LogP) is 0.873. The van der Waals surface area contributed by atoms with Gasteiger partial charge in [-0.3, -0.25) is 9.59 Å². The van der Waals surface area contributed by atoms with E-state index in [0.717, 1.165) is 10.0 Å². The maximum atomic E-state index is 11.9. The Morgan fingerprint density at radius 2 is 2.05 bits per heavy atom. The first-order chi connectivity index (χ1) is 9.04. The van der Waals surface area contributed by atoms with Crippen LogP contribution >= 0.6 is 15.9 Å². The van der Waals surface area contributed by atoms with Gasteiger partial charge in [0.25, 0.3) is 0 Å². The molecular formula is C13H18BrN3O2. The highest BCUT2D eigenvalue weighted by atomic mass is 79.9. The van der Waals surface area contributed by atoms with E-state index >= 15 is 0 Å². The molecule has 0 saturated heterocycles. The number of nitrogens with one attached hydrogen (secondary N) is 1. The molecule has 2 amide bonds. The van der Waals surface area contributed by atoms with Crippen molar-refractivity contribution in [2.75, 3.05) is 20.1 Å². The van der Waals surface area contributed by atoms with E-state index in [2.05, 4.69) is 21.2 Å². The number of amides is 2. The first kappa shape index (κ1) is 15.7. The average molecular weight is 328 g/mol. The largest absolute Gasteiger partial charge is 0.354 e. The number of nitrogens with two attached hydrogens (primary N) is 1. The van der Waals surface area contributed by atoms with E-state index in [1.165, 1.54) is 0 Å². The highest BCUT2D eigenvalue weighted by Crippen LogP contribution is 2.17. The summed E-state index contributed by atoms with van der Waals surface area (Å²) in [6.45, 7) is 0.793. The van der Waals surface area contributed by atoms with Gasteiger partial charge in [0.2, 0.25) is 11.8 Å². The molecule has 1 rings (SSSR count). The molecule has 104 valence electrons. The van der Waals surface area contributed by atoms with E-state index < -0.39 is 0 Å². The lowest BCUT2D eigenvalue weighted by Crippen LogP contribution is -2.34. The molecule has 1 aromatic carbocycles. The Hall–Kier alpha value is -1.40. The molecule has 0 atom stereocenters. The Bertz CT molecular complexity index is 451. The fourth-order valence-corrected chi connectivity index (χ4v) is 1.95. The monoisotopic (exact) mass is 327 g/mol. The minimum Gasteiger partial charge on any atom is -0.354 e. The number of carbonyl (C=O) groups excluding carboxylic acids is 2. The standard InChI is InChI=1S/C13H18BrN3O2/c1-17(9-10-4-2-3-5-11(10)14)13(19)6-7-16-12(18)8-15/h2-5H,6-9,15H2,1H3,(H,16,18). The first-order valence-corrected chi connectivity index (χ1v) is 6.78. The van der Waals surface area contributed by atoms with E-state index in [0.29, 0.717) is 13.1 Å². The van der Waals surface area contributed by atoms with Crippen molar-refractivity contribution in [1.82, 2.24) is 10.2 Å². The lowest BCUT2D eigenvalue weighted by Gasteiger charge is -2.18. The molecule has 0 aliphatic carbocycles. The minimum absolute atomic E-state index is 0.0203. The number of hydrogen-bond donors (Lipinski definition) is 2. The molecule has 0 aliphatic rings. The minimum atomic E-state index is -0.249. The second-order valence-electron chi connectivity index (χ2n) is 4.15. The zero-order valence-electron chi connectivity index (χ0n) is 10.9. The van der Waals surface area contributed by atoms with Gasteiger partial charge in [-0.15, -0.1) is 0 Å². The van der Waals surface area contributed by atoms with Gasteiger partial charge in [0, 0.05) is 31.0 Å². The summed E-state index contributed by atoms with van der Waals surface area (Å²) >= 11 is 3.45. The van der Waals surface area contributed by atoms with Crippen molar-refractivity contribution in [3.8, 4) is 0 Å². The van der Waals surface area contributed by atoms with Crippen LogP contribution in [0.25, 0.3) is 0 Å². The van der Waals surface area contributed by atoms with E-state index in [1.54, 1.807) is 11.9 Å². The Morgan fingerprint density at radius 3 is 2.68 bits per heavy atom. The third kappa shape index (κ3) is 5.40. The Morgan fingerprint density at radius 1 is 1.37 bits per heavy atom. The molecule has 0 fully saturated rings. The lowest BCUT2D eigenvalue weighted by atomic mass is 10.2. The summed E-state index contributed by atoms with van der Waals surface area (Å²) in [5.41, 5.74) is 6.20. The zero-order valence-corrected chi connectivity index (χ0v) is 12.4. The number of benzene rings is 1. The molecule has 0 spiro atoms. The molecule has 1 aromatic rings. The third-order valence-electron chi connectivity index (χ3n) is 2.64. The Labute approximate surface area is 121 Å². The number of halogens is 1. The van der Waals surface area contributed by atoms with Crippen LogP contribution in [0, 0.1) is 0 Å². The van der Waals surface area contributed by atoms with Gasteiger partial charge in [-0.1, -0.05) is 34.1 Å². The molecule has 3 N–H and O–H groups in total. The summed E-state index contributed by atoms with van der Waals surface area (Å²) in [5.74, 6) is -0.269. The molecule has 0 radical (unpaired) electrons. The highest BCUT2D eigenvalue weighted by molar-refractivity contribution is 9.10. The van der Waals surface area contributed by atoms with Crippen LogP contribution in [0.15, 0.2) is 28.7 Å². The zero-order chi connectivity index (χ0) is 14.3. The molecule has 5 nitrogen and oxygen atoms in total. The van der Waals surface area contributed by atoms with Gasteiger partial charge in [-0.2, -0.15) is 0 Å². The topological polar surface area (TPSA) is 75.4 Å². The normalized spacial score (nSPS) is 10.1. The number of nitrogens with zero attached hydrogens (tertiary/aromatic N) is 1. The van der Waals surface area contributed by atoms with Crippen molar-refractivity contribution in [2.45, 2.75) is 13.0 Å². The van der Waals surface area contributed by atoms with Crippen molar-refractivity contribution in [3.05, 3.63) is 34.3 Å². The van der Waals surface area contributed by atoms with Crippen LogP contribution in [0.5, 0.6) is 0 Å². The SMILES string of the molecule is CN(Cc1ccccc1Br)C(=O)CCNC(=O)CN. The fourth-order valence-electron chi connectivity index (χ4n) is 1.54. The summed E-state index contributed by atoms with van der Waals surface area (Å²) in [6.07, 6.45) is 0.271. The van der Waals surface area contributed by atoms with Crippen LogP contribution in [-0.4, -0.2) is 36.9 Å². The molecule has 0 aliphatic heterocycles. The number of hydrogen-bond acceptors (Lipinski definition) is 3. The average Bonchev–Trinajstić information content (AvgIpc) is 2.40. The predicted molar refractivity (Wildman–Crippen MR) is 77.3 cm³/mol. The van der Waals surface area contributed by atoms with Gasteiger partial charge in [0.15, 0.2) is 0 Å². The molecule has 0 heterocycles. The van der Waals surface area contributed by atoms with Crippen LogP contribution in [0.3, 0.4) is 0 Å². The Balaban J connectivity index is 2.41. The van der Waals surface area contributed by atoms with Gasteiger partial charge >= 0.3 is 0 Å². The maximum Gasteiger partial charge on any atom is 0.233 e. The van der Waals surface area contributed by atoms with E-state index in [4.69, 9.17) is 5.73 Å². The number of carbonyl (C=O) groups is 2. The summed E-state index contributed by atoms with van der Waals surface area (Å²) < 4.78 is 0.978. The maximum absolute atomic E-state index is 11.9. The van der Waals surface area contributed by atoms with Crippen LogP contribution < -0.4 is 11.1 Å². The van der Waals surface area contributed by atoms with Gasteiger partial charge in [0.05, 0.1) is 6.54 Å². The second kappa shape index (κ2) is 7.91. The Kier molecular flexibility index (Phi) is 6.52. The van der Waals surface area contributed by atoms with Gasteiger partial charge in [0.1, 0.15) is 0 Å². The highest BCUT2D eigenvalue weighted by Gasteiger charge is 2.10. The van der Waals surface area contributed by atoms with Crippen LogP contribution in [0.4, 0.5) is 0 Å². The summed E-state index contributed by atoms with van der Waals surface area (Å²) in [5, 5.41) is 2.57. The summed E-state index contributed by atoms with van der Waals surface area (Å²) in [6, 6.07) is 7.76. The fraction of sp³-hybridized carbons (Fsp3) is 0.385. The summed E-state index contributed by atoms with van der Waals surface area (Å²) in [4.78, 5) is 24.4. The van der Waals surface area contributed by atoms with Gasteiger partial charge in [-0.05, 0) is 11.6 Å². The van der Waals surface area contributed by atoms with E-state index in [1.807, 2.05) is 24.3 Å².